The summed E-state index contributed by atoms with van der Waals surface area (Å²) in [6.07, 6.45) is 14.9. The second-order valence-corrected chi connectivity index (χ2v) is 7.84. The summed E-state index contributed by atoms with van der Waals surface area (Å²) in [7, 11) is 0. The number of amides is 1. The molecule has 0 saturated heterocycles. The topological polar surface area (TPSA) is 94.0 Å². The fraction of sp³-hybridized carbons (Fsp3) is 0.217. The van der Waals surface area contributed by atoms with Gasteiger partial charge in [0.15, 0.2) is 0 Å². The van der Waals surface area contributed by atoms with Crippen molar-refractivity contribution in [3.63, 3.8) is 0 Å². The van der Waals surface area contributed by atoms with Crippen LogP contribution in [0.5, 0.6) is 5.75 Å². The first-order chi connectivity index (χ1) is 14.9. The molecule has 0 fully saturated rings. The van der Waals surface area contributed by atoms with Gasteiger partial charge in [-0.1, -0.05) is 59.0 Å². The largest absolute Gasteiger partial charge is 0.506 e. The van der Waals surface area contributed by atoms with Gasteiger partial charge in [0.1, 0.15) is 5.75 Å². The molecule has 1 aromatic rings. The van der Waals surface area contributed by atoms with E-state index in [0.29, 0.717) is 26.6 Å². The van der Waals surface area contributed by atoms with Gasteiger partial charge in [-0.15, -0.1) is 0 Å². The van der Waals surface area contributed by atoms with Crippen molar-refractivity contribution in [2.75, 3.05) is 6.54 Å². The van der Waals surface area contributed by atoms with Crippen molar-refractivity contribution in [2.24, 2.45) is 5.10 Å². The SMILES string of the molecule is C=CC(/C=C\C(=C/C)NCCC(=O)N/N=C/c1cc(Br)c(CO)c(Br)c1O)=C\C=C/C. The van der Waals surface area contributed by atoms with Gasteiger partial charge < -0.3 is 15.5 Å². The maximum absolute atomic E-state index is 12.0. The highest BCUT2D eigenvalue weighted by Gasteiger charge is 2.13. The minimum atomic E-state index is -0.271. The van der Waals surface area contributed by atoms with Crippen LogP contribution in [-0.2, 0) is 11.4 Å². The highest BCUT2D eigenvalue weighted by atomic mass is 79.9. The molecule has 1 rings (SSSR count). The number of aromatic hydroxyl groups is 1. The molecule has 166 valence electrons. The lowest BCUT2D eigenvalue weighted by Crippen LogP contribution is -2.23. The molecule has 4 N–H and O–H groups in total. The molecular weight excluding hydrogens is 526 g/mol. The Morgan fingerprint density at radius 1 is 1.29 bits per heavy atom. The standard InChI is InChI=1S/C23H27Br2N3O3/c1-4-7-8-16(5-2)9-10-18(6-3)26-12-11-21(30)28-27-14-17-13-20(24)19(15-29)22(25)23(17)31/h4-10,13-14,26,29,31H,2,11-12,15H2,1,3H3,(H,28,30)/b7-4-,10-9-,16-8+,18-6+,27-14+. The molecule has 0 aliphatic heterocycles. The zero-order chi connectivity index (χ0) is 23.2. The molecule has 0 aliphatic rings. The first-order valence-corrected chi connectivity index (χ1v) is 11.1. The van der Waals surface area contributed by atoms with Crippen LogP contribution < -0.4 is 10.7 Å². The number of benzene rings is 1. The summed E-state index contributed by atoms with van der Waals surface area (Å²) >= 11 is 6.56. The van der Waals surface area contributed by atoms with Gasteiger partial charge in [0.05, 0.1) is 17.3 Å². The van der Waals surface area contributed by atoms with Gasteiger partial charge in [0.25, 0.3) is 0 Å². The average Bonchev–Trinajstić information content (AvgIpc) is 2.76. The lowest BCUT2D eigenvalue weighted by Gasteiger charge is -2.09. The molecule has 0 heterocycles. The number of hydrogen-bond acceptors (Lipinski definition) is 5. The van der Waals surface area contributed by atoms with E-state index in [1.807, 2.05) is 50.3 Å². The minimum Gasteiger partial charge on any atom is -0.506 e. The van der Waals surface area contributed by atoms with Crippen molar-refractivity contribution < 1.29 is 15.0 Å². The third-order valence-electron chi connectivity index (χ3n) is 4.03. The first kappa shape index (κ1) is 26.6. The fourth-order valence-corrected chi connectivity index (χ4v) is 3.71. The summed E-state index contributed by atoms with van der Waals surface area (Å²) in [5, 5.41) is 26.6. The van der Waals surface area contributed by atoms with Crippen LogP contribution in [0.3, 0.4) is 0 Å². The van der Waals surface area contributed by atoms with E-state index in [0.717, 1.165) is 11.3 Å². The number of nitrogens with zero attached hydrogens (tertiary/aromatic N) is 1. The highest BCUT2D eigenvalue weighted by Crippen LogP contribution is 2.35. The molecule has 0 radical (unpaired) electrons. The summed E-state index contributed by atoms with van der Waals surface area (Å²) in [5.74, 6) is -0.341. The van der Waals surface area contributed by atoms with E-state index in [9.17, 15) is 15.0 Å². The second kappa shape index (κ2) is 14.6. The van der Waals surface area contributed by atoms with Crippen molar-refractivity contribution >= 4 is 44.0 Å². The number of phenols is 1. The minimum absolute atomic E-state index is 0.0706. The van der Waals surface area contributed by atoms with Crippen molar-refractivity contribution in [3.05, 3.63) is 86.5 Å². The summed E-state index contributed by atoms with van der Waals surface area (Å²) < 4.78 is 0.984. The number of halogens is 2. The maximum Gasteiger partial charge on any atom is 0.241 e. The number of carbonyl (C=O) groups is 1. The van der Waals surface area contributed by atoms with Crippen molar-refractivity contribution in [2.45, 2.75) is 26.9 Å². The van der Waals surface area contributed by atoms with Crippen LogP contribution in [0.2, 0.25) is 0 Å². The van der Waals surface area contributed by atoms with Crippen LogP contribution in [0.4, 0.5) is 0 Å². The number of aliphatic hydroxyl groups is 1. The molecule has 0 bridgehead atoms. The van der Waals surface area contributed by atoms with Crippen LogP contribution in [0.1, 0.15) is 31.4 Å². The van der Waals surface area contributed by atoms with Gasteiger partial charge in [-0.25, -0.2) is 5.43 Å². The molecule has 0 aliphatic carbocycles. The van der Waals surface area contributed by atoms with Gasteiger partial charge in [-0.3, -0.25) is 4.79 Å². The summed E-state index contributed by atoms with van der Waals surface area (Å²) in [5.41, 5.74) is 5.20. The van der Waals surface area contributed by atoms with Gasteiger partial charge in [0.2, 0.25) is 5.91 Å². The number of hydrazone groups is 1. The molecule has 0 saturated carbocycles. The number of rotatable bonds is 11. The maximum atomic E-state index is 12.0. The molecule has 0 spiro atoms. The lowest BCUT2D eigenvalue weighted by atomic mass is 10.1. The molecule has 0 atom stereocenters. The molecule has 8 heteroatoms. The molecule has 6 nitrogen and oxygen atoms in total. The Morgan fingerprint density at radius 3 is 2.65 bits per heavy atom. The van der Waals surface area contributed by atoms with E-state index >= 15 is 0 Å². The zero-order valence-corrected chi connectivity index (χ0v) is 20.7. The average molecular weight is 553 g/mol. The Balaban J connectivity index is 2.58. The van der Waals surface area contributed by atoms with Gasteiger partial charge in [0, 0.05) is 34.3 Å². The van der Waals surface area contributed by atoms with Crippen LogP contribution in [0.15, 0.2) is 80.5 Å². The Hall–Kier alpha value is -2.42. The summed E-state index contributed by atoms with van der Waals surface area (Å²) in [6.45, 7) is 7.84. The summed E-state index contributed by atoms with van der Waals surface area (Å²) in [4.78, 5) is 12.0. The van der Waals surface area contributed by atoms with Crippen molar-refractivity contribution in [3.8, 4) is 5.75 Å². The van der Waals surface area contributed by atoms with E-state index in [4.69, 9.17) is 0 Å². The molecule has 1 amide bonds. The smallest absolute Gasteiger partial charge is 0.241 e. The monoisotopic (exact) mass is 551 g/mol. The van der Waals surface area contributed by atoms with Crippen molar-refractivity contribution in [1.29, 1.82) is 0 Å². The normalized spacial score (nSPS) is 12.8. The number of hydrogen-bond donors (Lipinski definition) is 4. The van der Waals surface area contributed by atoms with Crippen molar-refractivity contribution in [1.82, 2.24) is 10.7 Å². The first-order valence-electron chi connectivity index (χ1n) is 9.54. The predicted octanol–water partition coefficient (Wildman–Crippen LogP) is 4.99. The highest BCUT2D eigenvalue weighted by molar-refractivity contribution is 9.11. The lowest BCUT2D eigenvalue weighted by molar-refractivity contribution is -0.120. The number of allylic oxidation sites excluding steroid dienone is 8. The Bertz CT molecular complexity index is 932. The molecule has 31 heavy (non-hydrogen) atoms. The fourth-order valence-electron chi connectivity index (χ4n) is 2.30. The van der Waals surface area contributed by atoms with Gasteiger partial charge in [-0.05, 0) is 47.5 Å². The molecule has 1 aromatic carbocycles. The molecular formula is C23H27Br2N3O3. The van der Waals surface area contributed by atoms with Crippen LogP contribution in [-0.4, -0.2) is 28.9 Å². The third-order valence-corrected chi connectivity index (χ3v) is 5.59. The zero-order valence-electron chi connectivity index (χ0n) is 17.5. The number of nitrogens with one attached hydrogen (secondary N) is 2. The van der Waals surface area contributed by atoms with Crippen LogP contribution >= 0.6 is 31.9 Å². The number of carbonyl (C=O) groups excluding carboxylic acids is 1. The van der Waals surface area contributed by atoms with E-state index in [-0.39, 0.29) is 24.7 Å². The van der Waals surface area contributed by atoms with Crippen LogP contribution in [0.25, 0.3) is 0 Å². The van der Waals surface area contributed by atoms with Gasteiger partial charge in [-0.2, -0.15) is 5.10 Å². The van der Waals surface area contributed by atoms with E-state index in [1.54, 1.807) is 12.1 Å². The number of phenolic OH excluding ortho intramolecular Hbond substituents is 1. The second-order valence-electron chi connectivity index (χ2n) is 6.19. The summed E-state index contributed by atoms with van der Waals surface area (Å²) in [6, 6.07) is 1.61. The molecule has 0 unspecified atom stereocenters. The number of aliphatic hydroxyl groups excluding tert-OH is 1. The quantitative estimate of drug-likeness (QED) is 0.177. The van der Waals surface area contributed by atoms with E-state index in [2.05, 4.69) is 54.3 Å². The Labute approximate surface area is 200 Å². The van der Waals surface area contributed by atoms with Crippen LogP contribution in [0, 0.1) is 0 Å². The predicted molar refractivity (Wildman–Crippen MR) is 134 cm³/mol. The third kappa shape index (κ3) is 9.08. The van der Waals surface area contributed by atoms with Gasteiger partial charge >= 0.3 is 0 Å². The van der Waals surface area contributed by atoms with E-state index in [1.165, 1.54) is 6.21 Å². The Morgan fingerprint density at radius 2 is 2.03 bits per heavy atom. The van der Waals surface area contributed by atoms with E-state index < -0.39 is 0 Å². The molecule has 0 aromatic heterocycles. The Kier molecular flexibility index (Phi) is 12.5.